The van der Waals surface area contributed by atoms with Crippen LogP contribution in [0, 0.1) is 5.82 Å². The second-order valence-electron chi connectivity index (χ2n) is 5.45. The molecule has 0 bridgehead atoms. The number of hydrogen-bond donors (Lipinski definition) is 3. The van der Waals surface area contributed by atoms with Gasteiger partial charge in [-0.2, -0.15) is 0 Å². The van der Waals surface area contributed by atoms with E-state index < -0.39 is 29.7 Å². The van der Waals surface area contributed by atoms with E-state index in [-0.39, 0.29) is 6.54 Å². The molecule has 0 aromatic heterocycles. The molecule has 2 unspecified atom stereocenters. The third-order valence-corrected chi connectivity index (χ3v) is 2.43. The molecular weight excluding hydrogens is 265 g/mol. The number of rotatable bonds is 4. The fourth-order valence-corrected chi connectivity index (χ4v) is 1.50. The zero-order valence-electron chi connectivity index (χ0n) is 11.8. The first-order chi connectivity index (χ1) is 9.19. The van der Waals surface area contributed by atoms with E-state index in [4.69, 9.17) is 4.74 Å². The third kappa shape index (κ3) is 5.54. The maximum Gasteiger partial charge on any atom is 0.407 e. The number of nitrogens with one attached hydrogen (secondary N) is 1. The summed E-state index contributed by atoms with van der Waals surface area (Å²) in [5, 5.41) is 22.0. The highest BCUT2D eigenvalue weighted by Gasteiger charge is 2.21. The first kappa shape index (κ1) is 16.4. The Bertz CT molecular complexity index is 441. The van der Waals surface area contributed by atoms with E-state index in [2.05, 4.69) is 5.32 Å². The van der Waals surface area contributed by atoms with Gasteiger partial charge in [-0.15, -0.1) is 0 Å². The van der Waals surface area contributed by atoms with Crippen LogP contribution in [0.1, 0.15) is 32.4 Å². The second kappa shape index (κ2) is 6.67. The van der Waals surface area contributed by atoms with Crippen LogP contribution in [-0.2, 0) is 4.74 Å². The van der Waals surface area contributed by atoms with Gasteiger partial charge in [0.05, 0.1) is 0 Å². The van der Waals surface area contributed by atoms with Crippen molar-refractivity contribution in [2.75, 3.05) is 6.54 Å². The molecule has 0 saturated carbocycles. The van der Waals surface area contributed by atoms with Crippen LogP contribution >= 0.6 is 0 Å². The minimum absolute atomic E-state index is 0.173. The van der Waals surface area contributed by atoms with Crippen molar-refractivity contribution in [2.24, 2.45) is 0 Å². The highest BCUT2D eigenvalue weighted by molar-refractivity contribution is 5.67. The summed E-state index contributed by atoms with van der Waals surface area (Å²) >= 11 is 0. The summed E-state index contributed by atoms with van der Waals surface area (Å²) in [5.41, 5.74) is -0.269. The Hall–Kier alpha value is -1.66. The molecule has 0 radical (unpaired) electrons. The molecule has 0 aliphatic carbocycles. The van der Waals surface area contributed by atoms with Crippen molar-refractivity contribution < 1.29 is 24.1 Å². The lowest BCUT2D eigenvalue weighted by molar-refractivity contribution is 0.0129. The van der Waals surface area contributed by atoms with Crippen LogP contribution in [0.3, 0.4) is 0 Å². The van der Waals surface area contributed by atoms with Gasteiger partial charge in [0.15, 0.2) is 0 Å². The number of carbonyl (C=O) groups excluding carboxylic acids is 1. The van der Waals surface area contributed by atoms with Crippen molar-refractivity contribution in [3.05, 3.63) is 35.6 Å². The molecule has 0 saturated heterocycles. The lowest BCUT2D eigenvalue weighted by atomic mass is 10.0. The number of ether oxygens (including phenoxy) is 1. The van der Waals surface area contributed by atoms with Crippen LogP contribution in [-0.4, -0.2) is 34.6 Å². The Kier molecular flexibility index (Phi) is 5.47. The van der Waals surface area contributed by atoms with Gasteiger partial charge in [-0.05, 0) is 38.5 Å². The predicted molar refractivity (Wildman–Crippen MR) is 71.6 cm³/mol. The molecule has 3 N–H and O–H groups in total. The number of amides is 1. The molecule has 1 aromatic carbocycles. The van der Waals surface area contributed by atoms with Gasteiger partial charge in [0.2, 0.25) is 0 Å². The fraction of sp³-hybridized carbons (Fsp3) is 0.500. The molecular formula is C14H20FNO4. The Labute approximate surface area is 117 Å². The Morgan fingerprint density at radius 2 is 1.85 bits per heavy atom. The minimum Gasteiger partial charge on any atom is -0.444 e. The number of hydrogen-bond acceptors (Lipinski definition) is 4. The molecule has 2 atom stereocenters. The van der Waals surface area contributed by atoms with Gasteiger partial charge in [0.1, 0.15) is 23.6 Å². The highest BCUT2D eigenvalue weighted by atomic mass is 19.1. The Morgan fingerprint density at radius 3 is 2.35 bits per heavy atom. The molecule has 0 spiro atoms. The van der Waals surface area contributed by atoms with E-state index in [9.17, 15) is 19.4 Å². The van der Waals surface area contributed by atoms with Crippen molar-refractivity contribution in [3.8, 4) is 0 Å². The van der Waals surface area contributed by atoms with Crippen LogP contribution < -0.4 is 5.32 Å². The number of aliphatic hydroxyl groups excluding tert-OH is 2. The van der Waals surface area contributed by atoms with Gasteiger partial charge >= 0.3 is 6.09 Å². The van der Waals surface area contributed by atoms with E-state index >= 15 is 0 Å². The first-order valence-corrected chi connectivity index (χ1v) is 6.27. The number of alkyl carbamates (subject to hydrolysis) is 1. The average molecular weight is 285 g/mol. The second-order valence-corrected chi connectivity index (χ2v) is 5.45. The summed E-state index contributed by atoms with van der Waals surface area (Å²) in [7, 11) is 0. The van der Waals surface area contributed by atoms with Crippen LogP contribution in [0.5, 0.6) is 0 Å². The van der Waals surface area contributed by atoms with Crippen molar-refractivity contribution in [1.29, 1.82) is 0 Å². The standard InChI is InChI=1S/C14H20FNO4/c1-14(2,3)20-13(19)16-8-11(17)12(18)9-4-6-10(15)7-5-9/h4-7,11-12,17-18H,8H2,1-3H3,(H,16,19). The zero-order chi connectivity index (χ0) is 15.3. The summed E-state index contributed by atoms with van der Waals surface area (Å²) in [6, 6.07) is 5.12. The summed E-state index contributed by atoms with van der Waals surface area (Å²) in [6.45, 7) is 4.98. The molecule has 6 heteroatoms. The Morgan fingerprint density at radius 1 is 1.30 bits per heavy atom. The van der Waals surface area contributed by atoms with E-state index in [1.54, 1.807) is 20.8 Å². The van der Waals surface area contributed by atoms with Gasteiger partial charge in [-0.25, -0.2) is 9.18 Å². The largest absolute Gasteiger partial charge is 0.444 e. The summed E-state index contributed by atoms with van der Waals surface area (Å²) in [6.07, 6.45) is -3.11. The molecule has 5 nitrogen and oxygen atoms in total. The minimum atomic E-state index is -1.22. The van der Waals surface area contributed by atoms with E-state index in [1.165, 1.54) is 24.3 Å². The average Bonchev–Trinajstić information content (AvgIpc) is 2.34. The highest BCUT2D eigenvalue weighted by Crippen LogP contribution is 2.17. The van der Waals surface area contributed by atoms with Crippen LogP contribution in [0.2, 0.25) is 0 Å². The quantitative estimate of drug-likeness (QED) is 0.787. The van der Waals surface area contributed by atoms with E-state index in [0.29, 0.717) is 5.56 Å². The van der Waals surface area contributed by atoms with Crippen molar-refractivity contribution in [1.82, 2.24) is 5.32 Å². The van der Waals surface area contributed by atoms with Crippen LogP contribution in [0.4, 0.5) is 9.18 Å². The van der Waals surface area contributed by atoms with Crippen molar-refractivity contribution in [2.45, 2.75) is 38.6 Å². The molecule has 0 fully saturated rings. The van der Waals surface area contributed by atoms with Crippen molar-refractivity contribution in [3.63, 3.8) is 0 Å². The fourth-order valence-electron chi connectivity index (χ4n) is 1.50. The summed E-state index contributed by atoms with van der Waals surface area (Å²) in [4.78, 5) is 11.4. The van der Waals surface area contributed by atoms with E-state index in [1.807, 2.05) is 0 Å². The van der Waals surface area contributed by atoms with Crippen LogP contribution in [0.15, 0.2) is 24.3 Å². The molecule has 0 aliphatic heterocycles. The molecule has 1 rings (SSSR count). The maximum absolute atomic E-state index is 12.7. The van der Waals surface area contributed by atoms with Gasteiger partial charge in [0, 0.05) is 6.54 Å². The molecule has 0 aliphatic rings. The zero-order valence-corrected chi connectivity index (χ0v) is 11.8. The predicted octanol–water partition coefficient (Wildman–Crippen LogP) is 1.74. The Balaban J connectivity index is 2.48. The normalized spacial score (nSPS) is 14.5. The summed E-state index contributed by atoms with van der Waals surface area (Å²) < 4.78 is 17.7. The smallest absolute Gasteiger partial charge is 0.407 e. The van der Waals surface area contributed by atoms with Crippen LogP contribution in [0.25, 0.3) is 0 Å². The number of halogens is 1. The molecule has 1 aromatic rings. The monoisotopic (exact) mass is 285 g/mol. The molecule has 112 valence electrons. The number of benzene rings is 1. The first-order valence-electron chi connectivity index (χ1n) is 6.27. The summed E-state index contributed by atoms with van der Waals surface area (Å²) in [5.74, 6) is -0.428. The van der Waals surface area contributed by atoms with Gasteiger partial charge in [-0.1, -0.05) is 12.1 Å². The molecule has 0 heterocycles. The van der Waals surface area contributed by atoms with Gasteiger partial charge in [0.25, 0.3) is 0 Å². The van der Waals surface area contributed by atoms with Gasteiger partial charge < -0.3 is 20.3 Å². The number of aliphatic hydroxyl groups is 2. The molecule has 20 heavy (non-hydrogen) atoms. The topological polar surface area (TPSA) is 78.8 Å². The SMILES string of the molecule is CC(C)(C)OC(=O)NCC(O)C(O)c1ccc(F)cc1. The van der Waals surface area contributed by atoms with E-state index in [0.717, 1.165) is 0 Å². The van der Waals surface area contributed by atoms with Gasteiger partial charge in [-0.3, -0.25) is 0 Å². The lowest BCUT2D eigenvalue weighted by Crippen LogP contribution is -2.38. The third-order valence-electron chi connectivity index (χ3n) is 2.43. The maximum atomic E-state index is 12.7. The number of carbonyl (C=O) groups is 1. The van der Waals surface area contributed by atoms with Crippen molar-refractivity contribution >= 4 is 6.09 Å². The molecule has 1 amide bonds. The lowest BCUT2D eigenvalue weighted by Gasteiger charge is -2.22.